The van der Waals surface area contributed by atoms with E-state index in [2.05, 4.69) is 5.32 Å². The zero-order valence-electron chi connectivity index (χ0n) is 11.3. The van der Waals surface area contributed by atoms with Crippen molar-refractivity contribution in [3.8, 4) is 0 Å². The Morgan fingerprint density at radius 2 is 1.50 bits per heavy atom. The van der Waals surface area contributed by atoms with Crippen LogP contribution >= 0.6 is 0 Å². The number of para-hydroxylation sites is 1. The Morgan fingerprint density at radius 3 is 1.91 bits per heavy atom. The molecular formula is C13H13NO8. The molecule has 22 heavy (non-hydrogen) atoms. The molecule has 0 fully saturated rings. The van der Waals surface area contributed by atoms with Gasteiger partial charge in [-0.3, -0.25) is 4.79 Å². The standard InChI is InChI=1S/C13H13NO8/c1-6(9(15)16)13(11(19)20,12(21)22)14-8-5-3-2-4-7(8)10(17)18/h2-6,14H,1H3,(H,15,16)(H,17,18)(H,19,20)(H,21,22). The molecule has 0 bridgehead atoms. The molecule has 0 aliphatic carbocycles. The van der Waals surface area contributed by atoms with E-state index in [1.54, 1.807) is 0 Å². The Kier molecular flexibility index (Phi) is 4.72. The van der Waals surface area contributed by atoms with Crippen LogP contribution in [-0.2, 0) is 14.4 Å². The molecule has 0 spiro atoms. The number of rotatable bonds is 7. The molecule has 5 N–H and O–H groups in total. The second-order valence-corrected chi connectivity index (χ2v) is 4.45. The van der Waals surface area contributed by atoms with Crippen molar-refractivity contribution in [1.29, 1.82) is 0 Å². The lowest BCUT2D eigenvalue weighted by atomic mass is 9.84. The molecule has 1 unspecified atom stereocenters. The van der Waals surface area contributed by atoms with Gasteiger partial charge < -0.3 is 25.7 Å². The molecule has 9 nitrogen and oxygen atoms in total. The third-order valence-electron chi connectivity index (χ3n) is 3.18. The van der Waals surface area contributed by atoms with Crippen LogP contribution in [0, 0.1) is 5.92 Å². The summed E-state index contributed by atoms with van der Waals surface area (Å²) in [7, 11) is 0. The van der Waals surface area contributed by atoms with Crippen molar-refractivity contribution in [2.45, 2.75) is 12.5 Å². The summed E-state index contributed by atoms with van der Waals surface area (Å²) in [5.74, 6) is -8.85. The summed E-state index contributed by atoms with van der Waals surface area (Å²) < 4.78 is 0. The summed E-state index contributed by atoms with van der Waals surface area (Å²) in [5.41, 5.74) is -3.61. The van der Waals surface area contributed by atoms with Crippen LogP contribution in [0.3, 0.4) is 0 Å². The van der Waals surface area contributed by atoms with Gasteiger partial charge in [0.2, 0.25) is 5.54 Å². The molecule has 0 radical (unpaired) electrons. The lowest BCUT2D eigenvalue weighted by Crippen LogP contribution is -2.60. The SMILES string of the molecule is CC(C(=O)O)C(Nc1ccccc1C(=O)O)(C(=O)O)C(=O)O. The number of benzene rings is 1. The molecule has 0 aliphatic rings. The maximum absolute atomic E-state index is 11.4. The monoisotopic (exact) mass is 311 g/mol. The third-order valence-corrected chi connectivity index (χ3v) is 3.18. The molecule has 0 saturated heterocycles. The van der Waals surface area contributed by atoms with Crippen molar-refractivity contribution in [2.24, 2.45) is 5.92 Å². The van der Waals surface area contributed by atoms with Crippen LogP contribution in [0.15, 0.2) is 24.3 Å². The largest absolute Gasteiger partial charge is 0.481 e. The molecule has 1 rings (SSSR count). The van der Waals surface area contributed by atoms with E-state index in [1.165, 1.54) is 12.1 Å². The van der Waals surface area contributed by atoms with Crippen LogP contribution < -0.4 is 5.32 Å². The van der Waals surface area contributed by atoms with Crippen molar-refractivity contribution in [2.75, 3.05) is 5.32 Å². The number of aromatic carboxylic acids is 1. The molecule has 0 aliphatic heterocycles. The Hall–Kier alpha value is -3.10. The fourth-order valence-corrected chi connectivity index (χ4v) is 1.85. The van der Waals surface area contributed by atoms with Crippen molar-refractivity contribution in [1.82, 2.24) is 0 Å². The summed E-state index contributed by atoms with van der Waals surface area (Å²) >= 11 is 0. The smallest absolute Gasteiger partial charge is 0.342 e. The second-order valence-electron chi connectivity index (χ2n) is 4.45. The summed E-state index contributed by atoms with van der Waals surface area (Å²) in [4.78, 5) is 45.1. The number of aliphatic carboxylic acids is 3. The number of hydrogen-bond acceptors (Lipinski definition) is 5. The predicted molar refractivity (Wildman–Crippen MR) is 71.8 cm³/mol. The van der Waals surface area contributed by atoms with Gasteiger partial charge in [-0.1, -0.05) is 12.1 Å². The van der Waals surface area contributed by atoms with Gasteiger partial charge in [-0.2, -0.15) is 0 Å². The molecule has 0 heterocycles. The van der Waals surface area contributed by atoms with Gasteiger partial charge in [0.25, 0.3) is 0 Å². The average molecular weight is 311 g/mol. The molecule has 1 aromatic carbocycles. The molecule has 0 saturated carbocycles. The lowest BCUT2D eigenvalue weighted by molar-refractivity contribution is -0.164. The first-order chi connectivity index (χ1) is 10.1. The maximum Gasteiger partial charge on any atom is 0.342 e. The van der Waals surface area contributed by atoms with Gasteiger partial charge in [0.1, 0.15) is 0 Å². The zero-order valence-corrected chi connectivity index (χ0v) is 11.3. The lowest BCUT2D eigenvalue weighted by Gasteiger charge is -2.31. The van der Waals surface area contributed by atoms with Crippen LogP contribution in [0.4, 0.5) is 5.69 Å². The Morgan fingerprint density at radius 1 is 1.00 bits per heavy atom. The molecular weight excluding hydrogens is 298 g/mol. The first-order valence-corrected chi connectivity index (χ1v) is 5.94. The first kappa shape index (κ1) is 17.0. The van der Waals surface area contributed by atoms with Crippen molar-refractivity contribution >= 4 is 29.6 Å². The second kappa shape index (κ2) is 6.12. The highest BCUT2D eigenvalue weighted by Gasteiger charge is 2.55. The number of hydrogen-bond donors (Lipinski definition) is 5. The van der Waals surface area contributed by atoms with E-state index in [1.807, 2.05) is 0 Å². The minimum atomic E-state index is -2.92. The molecule has 1 aromatic rings. The van der Waals surface area contributed by atoms with Gasteiger partial charge in [0, 0.05) is 0 Å². The Labute approximate surface area is 123 Å². The Bertz CT molecular complexity index is 625. The summed E-state index contributed by atoms with van der Waals surface area (Å²) in [5, 5.41) is 38.6. The van der Waals surface area contributed by atoms with E-state index in [4.69, 9.17) is 10.2 Å². The normalized spacial score (nSPS) is 12.2. The first-order valence-electron chi connectivity index (χ1n) is 5.94. The summed E-state index contributed by atoms with van der Waals surface area (Å²) in [6.07, 6.45) is 0. The molecule has 118 valence electrons. The highest BCUT2D eigenvalue weighted by molar-refractivity contribution is 6.10. The predicted octanol–water partition coefficient (Wildman–Crippen LogP) is 0.425. The topological polar surface area (TPSA) is 161 Å². The number of carboxylic acid groups (broad SMARTS) is 4. The minimum Gasteiger partial charge on any atom is -0.481 e. The van der Waals surface area contributed by atoms with Crippen molar-refractivity contribution in [3.63, 3.8) is 0 Å². The molecule has 9 heteroatoms. The van der Waals surface area contributed by atoms with E-state index >= 15 is 0 Å². The molecule has 0 amide bonds. The highest BCUT2D eigenvalue weighted by Crippen LogP contribution is 2.27. The zero-order chi connectivity index (χ0) is 17.1. The number of anilines is 1. The van der Waals surface area contributed by atoms with Crippen LogP contribution in [0.1, 0.15) is 17.3 Å². The fourth-order valence-electron chi connectivity index (χ4n) is 1.85. The van der Waals surface area contributed by atoms with Gasteiger partial charge in [-0.25, -0.2) is 14.4 Å². The quantitative estimate of drug-likeness (QED) is 0.449. The van der Waals surface area contributed by atoms with Gasteiger partial charge in [-0.05, 0) is 19.1 Å². The third kappa shape index (κ3) is 2.82. The number of carboxylic acids is 4. The van der Waals surface area contributed by atoms with E-state index < -0.39 is 35.3 Å². The number of nitrogens with one attached hydrogen (secondary N) is 1. The van der Waals surface area contributed by atoms with Gasteiger partial charge in [-0.15, -0.1) is 0 Å². The van der Waals surface area contributed by atoms with Crippen molar-refractivity contribution < 1.29 is 39.6 Å². The number of carbonyl (C=O) groups is 4. The van der Waals surface area contributed by atoms with E-state index in [-0.39, 0.29) is 11.3 Å². The van der Waals surface area contributed by atoms with E-state index in [0.717, 1.165) is 19.1 Å². The van der Waals surface area contributed by atoms with Crippen LogP contribution in [0.25, 0.3) is 0 Å². The fraction of sp³-hybridized carbons (Fsp3) is 0.231. The summed E-state index contributed by atoms with van der Waals surface area (Å²) in [6, 6.07) is 5.00. The maximum atomic E-state index is 11.4. The average Bonchev–Trinajstić information content (AvgIpc) is 2.43. The van der Waals surface area contributed by atoms with Gasteiger partial charge in [0.05, 0.1) is 17.2 Å². The van der Waals surface area contributed by atoms with Crippen molar-refractivity contribution in [3.05, 3.63) is 29.8 Å². The van der Waals surface area contributed by atoms with Crippen LogP contribution in [0.5, 0.6) is 0 Å². The summed E-state index contributed by atoms with van der Waals surface area (Å²) in [6.45, 7) is 0.904. The highest BCUT2D eigenvalue weighted by atomic mass is 16.4. The molecule has 1 atom stereocenters. The van der Waals surface area contributed by atoms with Crippen LogP contribution in [0.2, 0.25) is 0 Å². The molecule has 0 aromatic heterocycles. The minimum absolute atomic E-state index is 0.312. The van der Waals surface area contributed by atoms with Gasteiger partial charge >= 0.3 is 23.9 Å². The van der Waals surface area contributed by atoms with Crippen LogP contribution in [-0.4, -0.2) is 49.8 Å². The van der Waals surface area contributed by atoms with E-state index in [0.29, 0.717) is 0 Å². The Balaban J connectivity index is 3.49. The van der Waals surface area contributed by atoms with Gasteiger partial charge in [0.15, 0.2) is 0 Å². The van der Waals surface area contributed by atoms with E-state index in [9.17, 15) is 29.4 Å².